The monoisotopic (exact) mass is 409 g/mol. The van der Waals surface area contributed by atoms with Gasteiger partial charge in [-0.05, 0) is 61.9 Å². The second-order valence-corrected chi connectivity index (χ2v) is 8.55. The first-order valence-electron chi connectivity index (χ1n) is 10.1. The van der Waals surface area contributed by atoms with E-state index in [1.54, 1.807) is 0 Å². The molecule has 2 N–H and O–H groups in total. The predicted octanol–water partition coefficient (Wildman–Crippen LogP) is 3.37. The zero-order valence-corrected chi connectivity index (χ0v) is 18.5. The first kappa shape index (κ1) is 24.4. The molecule has 1 aliphatic heterocycles. The van der Waals surface area contributed by atoms with Gasteiger partial charge >= 0.3 is 0 Å². The van der Waals surface area contributed by atoms with Gasteiger partial charge in [-0.25, -0.2) is 0 Å². The van der Waals surface area contributed by atoms with Crippen molar-refractivity contribution in [2.24, 2.45) is 5.92 Å². The zero-order valence-electron chi connectivity index (χ0n) is 17.7. The van der Waals surface area contributed by atoms with Gasteiger partial charge in [-0.1, -0.05) is 32.9 Å². The van der Waals surface area contributed by atoms with Gasteiger partial charge in [0.15, 0.2) is 0 Å². The van der Waals surface area contributed by atoms with Gasteiger partial charge in [0.1, 0.15) is 0 Å². The van der Waals surface area contributed by atoms with Crippen molar-refractivity contribution in [1.82, 2.24) is 15.5 Å². The van der Waals surface area contributed by atoms with Gasteiger partial charge in [0, 0.05) is 31.6 Å². The summed E-state index contributed by atoms with van der Waals surface area (Å²) in [5.74, 6) is 0.747. The maximum Gasteiger partial charge on any atom is 0.251 e. The minimum Gasteiger partial charge on any atom is -0.352 e. The summed E-state index contributed by atoms with van der Waals surface area (Å²) in [7, 11) is 1.98. The molecule has 0 saturated carbocycles. The van der Waals surface area contributed by atoms with E-state index < -0.39 is 0 Å². The van der Waals surface area contributed by atoms with Crippen LogP contribution in [0.4, 0.5) is 0 Å². The lowest BCUT2D eigenvalue weighted by Gasteiger charge is -2.32. The average molecular weight is 410 g/mol. The molecule has 1 heterocycles. The Labute approximate surface area is 176 Å². The van der Waals surface area contributed by atoms with Gasteiger partial charge in [0.05, 0.1) is 0 Å². The van der Waals surface area contributed by atoms with Gasteiger partial charge in [0.25, 0.3) is 5.91 Å². The smallest absolute Gasteiger partial charge is 0.251 e. The van der Waals surface area contributed by atoms with Crippen LogP contribution in [0.2, 0.25) is 0 Å². The highest BCUT2D eigenvalue weighted by Gasteiger charge is 2.22. The van der Waals surface area contributed by atoms with Crippen molar-refractivity contribution in [2.45, 2.75) is 51.9 Å². The Morgan fingerprint density at radius 2 is 1.68 bits per heavy atom. The third kappa shape index (κ3) is 7.44. The molecule has 1 aliphatic rings. The first-order valence-corrected chi connectivity index (χ1v) is 10.1. The third-order valence-electron chi connectivity index (χ3n) is 5.41. The Morgan fingerprint density at radius 3 is 2.21 bits per heavy atom. The van der Waals surface area contributed by atoms with E-state index in [4.69, 9.17) is 0 Å². The van der Waals surface area contributed by atoms with Crippen molar-refractivity contribution in [3.63, 3.8) is 0 Å². The lowest BCUT2D eigenvalue weighted by Crippen LogP contribution is -2.40. The van der Waals surface area contributed by atoms with Gasteiger partial charge in [-0.3, -0.25) is 9.59 Å². The maximum atomic E-state index is 12.4. The molecule has 1 saturated heterocycles. The number of amides is 2. The summed E-state index contributed by atoms with van der Waals surface area (Å²) in [4.78, 5) is 26.6. The highest BCUT2D eigenvalue weighted by Crippen LogP contribution is 2.22. The van der Waals surface area contributed by atoms with Crippen LogP contribution in [-0.2, 0) is 10.2 Å². The number of benzene rings is 1. The van der Waals surface area contributed by atoms with Crippen molar-refractivity contribution in [2.75, 3.05) is 33.2 Å². The molecule has 0 radical (unpaired) electrons. The molecule has 6 heteroatoms. The van der Waals surface area contributed by atoms with Gasteiger partial charge in [-0.2, -0.15) is 0 Å². The summed E-state index contributed by atoms with van der Waals surface area (Å²) >= 11 is 0. The van der Waals surface area contributed by atoms with E-state index in [0.717, 1.165) is 38.4 Å². The Morgan fingerprint density at radius 1 is 1.07 bits per heavy atom. The topological polar surface area (TPSA) is 61.4 Å². The Hall–Kier alpha value is -1.59. The summed E-state index contributed by atoms with van der Waals surface area (Å²) in [5.41, 5.74) is 1.91. The number of hydrogen-bond donors (Lipinski definition) is 2. The first-order chi connectivity index (χ1) is 12.8. The highest BCUT2D eigenvalue weighted by atomic mass is 35.5. The van der Waals surface area contributed by atoms with Gasteiger partial charge in [0.2, 0.25) is 5.91 Å². The van der Waals surface area contributed by atoms with E-state index in [9.17, 15) is 9.59 Å². The number of carbonyl (C=O) groups excluding carboxylic acids is 2. The predicted molar refractivity (Wildman–Crippen MR) is 117 cm³/mol. The standard InChI is InChI=1S/C22H35N3O2.ClH/c1-22(2,3)19-7-5-18(6-8-19)21(27)24-14-10-20(26)25-15-11-17(12-16-25)9-13-23-4;/h5-8,17,23H,9-16H2,1-4H3,(H,24,27);1H. The van der Waals surface area contributed by atoms with Crippen LogP contribution >= 0.6 is 12.4 Å². The van der Waals surface area contributed by atoms with Crippen LogP contribution in [0.15, 0.2) is 24.3 Å². The van der Waals surface area contributed by atoms with Crippen molar-refractivity contribution in [1.29, 1.82) is 0 Å². The summed E-state index contributed by atoms with van der Waals surface area (Å²) in [6.45, 7) is 9.57. The number of rotatable bonds is 7. The van der Waals surface area contributed by atoms with Crippen molar-refractivity contribution >= 4 is 24.2 Å². The number of likely N-dealkylation sites (tertiary alicyclic amines) is 1. The quantitative estimate of drug-likeness (QED) is 0.725. The minimum absolute atomic E-state index is 0. The molecule has 0 aliphatic carbocycles. The fourth-order valence-corrected chi connectivity index (χ4v) is 3.48. The van der Waals surface area contributed by atoms with Crippen molar-refractivity contribution in [3.8, 4) is 0 Å². The van der Waals surface area contributed by atoms with Crippen LogP contribution in [0, 0.1) is 5.92 Å². The molecule has 1 fully saturated rings. The van der Waals surface area contributed by atoms with Crippen LogP contribution in [0.25, 0.3) is 0 Å². The fourth-order valence-electron chi connectivity index (χ4n) is 3.48. The van der Waals surface area contributed by atoms with Gasteiger partial charge in [-0.15, -0.1) is 12.4 Å². The SMILES string of the molecule is CNCCC1CCN(C(=O)CCNC(=O)c2ccc(C(C)(C)C)cc2)CC1.Cl. The number of hydrogen-bond acceptors (Lipinski definition) is 3. The Kier molecular flexibility index (Phi) is 9.97. The van der Waals surface area contributed by atoms with Crippen LogP contribution in [0.3, 0.4) is 0 Å². The van der Waals surface area contributed by atoms with Crippen LogP contribution in [0.5, 0.6) is 0 Å². The van der Waals surface area contributed by atoms with E-state index >= 15 is 0 Å². The molecule has 158 valence electrons. The van der Waals surface area contributed by atoms with Crippen LogP contribution < -0.4 is 10.6 Å². The minimum atomic E-state index is -0.117. The normalized spacial score (nSPS) is 15.1. The Balaban J connectivity index is 0.00000392. The molecule has 0 spiro atoms. The summed E-state index contributed by atoms with van der Waals surface area (Å²) in [5, 5.41) is 6.06. The van der Waals surface area contributed by atoms with Crippen LogP contribution in [0.1, 0.15) is 62.4 Å². The second kappa shape index (κ2) is 11.4. The third-order valence-corrected chi connectivity index (χ3v) is 5.41. The summed E-state index contributed by atoms with van der Waals surface area (Å²) in [6, 6.07) is 7.71. The molecule has 0 unspecified atom stereocenters. The number of nitrogens with one attached hydrogen (secondary N) is 2. The van der Waals surface area contributed by atoms with E-state index in [1.807, 2.05) is 36.2 Å². The molecular formula is C22H36ClN3O2. The largest absolute Gasteiger partial charge is 0.352 e. The second-order valence-electron chi connectivity index (χ2n) is 8.55. The molecule has 0 atom stereocenters. The lowest BCUT2D eigenvalue weighted by atomic mass is 9.87. The van der Waals surface area contributed by atoms with E-state index in [2.05, 4.69) is 31.4 Å². The number of nitrogens with zero attached hydrogens (tertiary/aromatic N) is 1. The molecule has 2 rings (SSSR count). The van der Waals surface area contributed by atoms with Crippen molar-refractivity contribution < 1.29 is 9.59 Å². The molecule has 2 amide bonds. The van der Waals surface area contributed by atoms with E-state index in [0.29, 0.717) is 18.5 Å². The molecule has 5 nitrogen and oxygen atoms in total. The fraction of sp³-hybridized carbons (Fsp3) is 0.636. The number of carbonyl (C=O) groups is 2. The molecular weight excluding hydrogens is 374 g/mol. The lowest BCUT2D eigenvalue weighted by molar-refractivity contribution is -0.132. The van der Waals surface area contributed by atoms with Crippen molar-refractivity contribution in [3.05, 3.63) is 35.4 Å². The molecule has 28 heavy (non-hydrogen) atoms. The number of piperidine rings is 1. The number of halogens is 1. The molecule has 0 bridgehead atoms. The molecule has 0 aromatic heterocycles. The van der Waals surface area contributed by atoms with E-state index in [1.165, 1.54) is 12.0 Å². The maximum absolute atomic E-state index is 12.4. The average Bonchev–Trinajstić information content (AvgIpc) is 2.66. The summed E-state index contributed by atoms with van der Waals surface area (Å²) in [6.07, 6.45) is 3.72. The van der Waals surface area contributed by atoms with E-state index in [-0.39, 0.29) is 29.6 Å². The highest BCUT2D eigenvalue weighted by molar-refractivity contribution is 5.94. The zero-order chi connectivity index (χ0) is 19.9. The molecule has 1 aromatic carbocycles. The van der Waals surface area contributed by atoms with Gasteiger partial charge < -0.3 is 15.5 Å². The van der Waals surface area contributed by atoms with Crippen LogP contribution in [-0.4, -0.2) is 49.9 Å². The summed E-state index contributed by atoms with van der Waals surface area (Å²) < 4.78 is 0. The Bertz CT molecular complexity index is 618. The molecule has 1 aromatic rings.